The summed E-state index contributed by atoms with van der Waals surface area (Å²) in [5.41, 5.74) is 0.671. The minimum atomic E-state index is -4.21. The van der Waals surface area contributed by atoms with Crippen LogP contribution in [0.3, 0.4) is 0 Å². The van der Waals surface area contributed by atoms with Crippen molar-refractivity contribution in [1.82, 2.24) is 19.2 Å². The number of amides is 1. The van der Waals surface area contributed by atoms with Gasteiger partial charge in [0.1, 0.15) is 27.2 Å². The largest absolute Gasteiger partial charge is 0.340 e. The minimum Gasteiger partial charge on any atom is -0.340 e. The number of H-pyrrole nitrogens is 1. The molecule has 8 nitrogen and oxygen atoms in total. The molecule has 0 unspecified atom stereocenters. The highest BCUT2D eigenvalue weighted by Crippen LogP contribution is 2.26. The number of halogens is 2. The van der Waals surface area contributed by atoms with Crippen LogP contribution >= 0.6 is 11.3 Å². The summed E-state index contributed by atoms with van der Waals surface area (Å²) in [6.45, 7) is 3.99. The SMILES string of the molecule is Cc1sc2nc(CCC(=O)N3CCN(S(=O)(=O)c4cc(F)ccc4F)CC3)[nH]c(=O)c2c1C. The zero-order valence-corrected chi connectivity index (χ0v) is 19.7. The lowest BCUT2D eigenvalue weighted by Gasteiger charge is -2.34. The summed E-state index contributed by atoms with van der Waals surface area (Å²) in [6, 6.07) is 2.28. The third-order valence-corrected chi connectivity index (χ3v) is 8.78. The predicted octanol–water partition coefficient (Wildman–Crippen LogP) is 2.35. The summed E-state index contributed by atoms with van der Waals surface area (Å²) >= 11 is 1.43. The van der Waals surface area contributed by atoms with E-state index in [1.54, 1.807) is 0 Å². The number of sulfonamides is 1. The quantitative estimate of drug-likeness (QED) is 0.584. The van der Waals surface area contributed by atoms with Gasteiger partial charge in [0, 0.05) is 43.9 Å². The predicted molar refractivity (Wildman–Crippen MR) is 120 cm³/mol. The molecule has 0 bridgehead atoms. The van der Waals surface area contributed by atoms with Crippen LogP contribution in [-0.4, -0.2) is 59.7 Å². The van der Waals surface area contributed by atoms with Crippen LogP contribution < -0.4 is 5.56 Å². The van der Waals surface area contributed by atoms with E-state index in [0.717, 1.165) is 26.9 Å². The summed E-state index contributed by atoms with van der Waals surface area (Å²) in [6.07, 6.45) is 0.343. The zero-order valence-electron chi connectivity index (χ0n) is 18.0. The van der Waals surface area contributed by atoms with Crippen molar-refractivity contribution in [3.8, 4) is 0 Å². The van der Waals surface area contributed by atoms with Crippen molar-refractivity contribution in [1.29, 1.82) is 0 Å². The smallest absolute Gasteiger partial charge is 0.259 e. The van der Waals surface area contributed by atoms with Gasteiger partial charge < -0.3 is 9.88 Å². The molecule has 1 aliphatic heterocycles. The van der Waals surface area contributed by atoms with E-state index in [2.05, 4.69) is 9.97 Å². The van der Waals surface area contributed by atoms with Crippen molar-refractivity contribution in [3.05, 3.63) is 56.5 Å². The van der Waals surface area contributed by atoms with Gasteiger partial charge in [-0.25, -0.2) is 22.2 Å². The summed E-state index contributed by atoms with van der Waals surface area (Å²) in [7, 11) is -4.21. The van der Waals surface area contributed by atoms with E-state index in [-0.39, 0.29) is 50.5 Å². The van der Waals surface area contributed by atoms with Gasteiger partial charge in [-0.15, -0.1) is 11.3 Å². The Bertz CT molecular complexity index is 1390. The first kappa shape index (κ1) is 23.5. The molecule has 4 rings (SSSR count). The van der Waals surface area contributed by atoms with Gasteiger partial charge in [-0.1, -0.05) is 0 Å². The van der Waals surface area contributed by atoms with Crippen molar-refractivity contribution in [3.63, 3.8) is 0 Å². The Hall–Kier alpha value is -2.70. The van der Waals surface area contributed by atoms with Gasteiger partial charge in [0.25, 0.3) is 5.56 Å². The number of fused-ring (bicyclic) bond motifs is 1. The molecule has 0 aliphatic carbocycles. The Morgan fingerprint density at radius 2 is 1.88 bits per heavy atom. The van der Waals surface area contributed by atoms with Crippen molar-refractivity contribution >= 4 is 37.5 Å². The molecule has 1 aliphatic rings. The molecule has 1 amide bonds. The van der Waals surface area contributed by atoms with E-state index < -0.39 is 26.6 Å². The first-order chi connectivity index (χ1) is 15.6. The molecular weight excluding hydrogens is 474 g/mol. The molecule has 1 fully saturated rings. The number of hydrogen-bond donors (Lipinski definition) is 1. The fraction of sp³-hybridized carbons (Fsp3) is 0.381. The fourth-order valence-electron chi connectivity index (χ4n) is 3.79. The van der Waals surface area contributed by atoms with Crippen molar-refractivity contribution in [2.75, 3.05) is 26.2 Å². The number of aryl methyl sites for hydroxylation is 3. The molecule has 3 aromatic rings. The summed E-state index contributed by atoms with van der Waals surface area (Å²) in [5.74, 6) is -1.65. The van der Waals surface area contributed by atoms with Gasteiger partial charge in [0.15, 0.2) is 0 Å². The lowest BCUT2D eigenvalue weighted by molar-refractivity contribution is -0.132. The first-order valence-electron chi connectivity index (χ1n) is 10.3. The molecule has 0 spiro atoms. The maximum atomic E-state index is 14.0. The average molecular weight is 497 g/mol. The number of aromatic amines is 1. The van der Waals surface area contributed by atoms with E-state index in [4.69, 9.17) is 0 Å². The van der Waals surface area contributed by atoms with E-state index in [0.29, 0.717) is 22.1 Å². The van der Waals surface area contributed by atoms with Crippen LogP contribution in [0.2, 0.25) is 0 Å². The van der Waals surface area contributed by atoms with E-state index in [1.165, 1.54) is 16.2 Å². The van der Waals surface area contributed by atoms with Crippen LogP contribution in [0.5, 0.6) is 0 Å². The van der Waals surface area contributed by atoms with Crippen molar-refractivity contribution < 1.29 is 22.0 Å². The number of benzene rings is 1. The maximum absolute atomic E-state index is 14.0. The second-order valence-corrected chi connectivity index (χ2v) is 10.9. The Morgan fingerprint density at radius 3 is 2.58 bits per heavy atom. The molecule has 3 heterocycles. The summed E-state index contributed by atoms with van der Waals surface area (Å²) in [4.78, 5) is 34.7. The Morgan fingerprint density at radius 1 is 1.18 bits per heavy atom. The molecule has 12 heteroatoms. The molecular formula is C21H22F2N4O4S2. The van der Waals surface area contributed by atoms with Crippen LogP contribution in [0.25, 0.3) is 10.2 Å². The van der Waals surface area contributed by atoms with Gasteiger partial charge in [-0.2, -0.15) is 4.31 Å². The van der Waals surface area contributed by atoms with Crippen LogP contribution in [0.4, 0.5) is 8.78 Å². The summed E-state index contributed by atoms with van der Waals surface area (Å²) in [5, 5.41) is 0.569. The number of piperazine rings is 1. The third-order valence-electron chi connectivity index (χ3n) is 5.77. The molecule has 0 radical (unpaired) electrons. The van der Waals surface area contributed by atoms with E-state index >= 15 is 0 Å². The topological polar surface area (TPSA) is 103 Å². The Balaban J connectivity index is 1.38. The van der Waals surface area contributed by atoms with Gasteiger partial charge >= 0.3 is 0 Å². The van der Waals surface area contributed by atoms with E-state index in [1.807, 2.05) is 13.8 Å². The van der Waals surface area contributed by atoms with Crippen LogP contribution in [0.1, 0.15) is 22.7 Å². The fourth-order valence-corrected chi connectivity index (χ4v) is 6.34. The number of nitrogens with zero attached hydrogens (tertiary/aromatic N) is 3. The highest BCUT2D eigenvalue weighted by molar-refractivity contribution is 7.89. The van der Waals surface area contributed by atoms with E-state index in [9.17, 15) is 26.8 Å². The Kier molecular flexibility index (Phi) is 6.34. The zero-order chi connectivity index (χ0) is 23.9. The molecule has 0 saturated carbocycles. The van der Waals surface area contributed by atoms with Gasteiger partial charge in [0.2, 0.25) is 15.9 Å². The number of carbonyl (C=O) groups excluding carboxylic acids is 1. The number of carbonyl (C=O) groups is 1. The standard InChI is InChI=1S/C21H22F2N4O4S2/c1-12-13(2)32-21-19(12)20(29)24-17(25-21)5-6-18(28)26-7-9-27(10-8-26)33(30,31)16-11-14(22)3-4-15(16)23/h3-4,11H,5-10H2,1-2H3,(H,24,25,29). The third kappa shape index (κ3) is 4.55. The van der Waals surface area contributed by atoms with Gasteiger partial charge in [0.05, 0.1) is 5.39 Å². The number of rotatable bonds is 5. The second kappa shape index (κ2) is 8.92. The molecule has 176 valence electrons. The molecule has 2 aromatic heterocycles. The maximum Gasteiger partial charge on any atom is 0.259 e. The second-order valence-electron chi connectivity index (χ2n) is 7.84. The lowest BCUT2D eigenvalue weighted by Crippen LogP contribution is -2.50. The number of aromatic nitrogens is 2. The molecule has 1 N–H and O–H groups in total. The van der Waals surface area contributed by atoms with Gasteiger partial charge in [-0.05, 0) is 37.6 Å². The first-order valence-corrected chi connectivity index (χ1v) is 12.6. The highest BCUT2D eigenvalue weighted by atomic mass is 32.2. The number of thiophene rings is 1. The Labute approximate surface area is 192 Å². The number of nitrogens with one attached hydrogen (secondary N) is 1. The molecule has 0 atom stereocenters. The van der Waals surface area contributed by atoms with Crippen molar-refractivity contribution in [2.45, 2.75) is 31.6 Å². The van der Waals surface area contributed by atoms with Gasteiger partial charge in [-0.3, -0.25) is 9.59 Å². The van der Waals surface area contributed by atoms with Crippen LogP contribution in [-0.2, 0) is 21.2 Å². The van der Waals surface area contributed by atoms with Crippen molar-refractivity contribution in [2.24, 2.45) is 0 Å². The monoisotopic (exact) mass is 496 g/mol. The minimum absolute atomic E-state index is 0.0290. The normalized spacial score (nSPS) is 15.3. The average Bonchev–Trinajstić information content (AvgIpc) is 3.07. The highest BCUT2D eigenvalue weighted by Gasteiger charge is 2.32. The number of hydrogen-bond acceptors (Lipinski definition) is 6. The van der Waals surface area contributed by atoms with Crippen LogP contribution in [0.15, 0.2) is 27.9 Å². The molecule has 1 aromatic carbocycles. The lowest BCUT2D eigenvalue weighted by atomic mass is 10.2. The molecule has 33 heavy (non-hydrogen) atoms. The molecule has 1 saturated heterocycles. The van der Waals surface area contributed by atoms with Crippen LogP contribution in [0, 0.1) is 25.5 Å². The summed E-state index contributed by atoms with van der Waals surface area (Å²) < 4.78 is 53.8.